The largest absolute Gasteiger partial charge is 0.493 e. The minimum absolute atomic E-state index is 0.0151. The second kappa shape index (κ2) is 14.5. The van der Waals surface area contributed by atoms with Crippen LogP contribution in [0.15, 0.2) is 58.1 Å². The molecule has 46 heavy (non-hydrogen) atoms. The molecule has 0 spiro atoms. The van der Waals surface area contributed by atoms with Gasteiger partial charge in [0.15, 0.2) is 29.2 Å². The lowest BCUT2D eigenvalue weighted by molar-refractivity contribution is -0.119. The standard InChI is InChI=1S/C32H30Cl2F3N3O6/c1-44-30-11-19(3-5-28(30)45-17-20-2-4-24(33)25(34)10-20)16-39-31(42)23-12-29(46-22(14-35)15-36)26(37)13-27(23)40(32(39)43)21-6-8-38(18-41)9-7-21/h2-5,10-13,18,21-22H,6-9,14-17H2,1H3. The molecule has 0 aliphatic carbocycles. The number of amides is 1. The highest BCUT2D eigenvalue weighted by Gasteiger charge is 2.26. The van der Waals surface area contributed by atoms with E-state index in [2.05, 4.69) is 0 Å². The molecule has 1 saturated heterocycles. The van der Waals surface area contributed by atoms with Crippen LogP contribution in [0.25, 0.3) is 10.9 Å². The van der Waals surface area contributed by atoms with Gasteiger partial charge in [-0.2, -0.15) is 0 Å². The zero-order valence-electron chi connectivity index (χ0n) is 24.7. The van der Waals surface area contributed by atoms with Gasteiger partial charge in [0, 0.05) is 25.2 Å². The van der Waals surface area contributed by atoms with Crippen molar-refractivity contribution < 1.29 is 32.2 Å². The molecule has 0 atom stereocenters. The maximum absolute atomic E-state index is 15.2. The van der Waals surface area contributed by atoms with Crippen molar-refractivity contribution in [1.82, 2.24) is 14.0 Å². The Morgan fingerprint density at radius 1 is 0.935 bits per heavy atom. The number of piperidine rings is 1. The van der Waals surface area contributed by atoms with Gasteiger partial charge in [-0.15, -0.1) is 0 Å². The van der Waals surface area contributed by atoms with E-state index in [1.807, 2.05) is 0 Å². The van der Waals surface area contributed by atoms with Gasteiger partial charge in [0.2, 0.25) is 6.41 Å². The van der Waals surface area contributed by atoms with Crippen LogP contribution in [0.5, 0.6) is 17.2 Å². The van der Waals surface area contributed by atoms with Crippen LogP contribution in [0.3, 0.4) is 0 Å². The van der Waals surface area contributed by atoms with Gasteiger partial charge >= 0.3 is 5.69 Å². The van der Waals surface area contributed by atoms with Crippen molar-refractivity contribution in [2.24, 2.45) is 0 Å². The van der Waals surface area contributed by atoms with Crippen LogP contribution in [-0.2, 0) is 17.9 Å². The van der Waals surface area contributed by atoms with E-state index in [1.165, 1.54) is 11.7 Å². The molecule has 1 aliphatic heterocycles. The number of nitrogens with zero attached hydrogens (tertiary/aromatic N) is 3. The number of rotatable bonds is 12. The Balaban J connectivity index is 1.54. The topological polar surface area (TPSA) is 92.0 Å². The summed E-state index contributed by atoms with van der Waals surface area (Å²) < 4.78 is 60.5. The molecule has 0 saturated carbocycles. The van der Waals surface area contributed by atoms with Gasteiger partial charge in [0.05, 0.1) is 34.6 Å². The average molecular weight is 681 g/mol. The molecule has 14 heteroatoms. The number of carbonyl (C=O) groups excluding carboxylic acids is 1. The molecule has 1 aliphatic rings. The lowest BCUT2D eigenvalue weighted by Gasteiger charge is -2.31. The molecule has 1 aromatic heterocycles. The zero-order chi connectivity index (χ0) is 33.0. The third-order valence-corrected chi connectivity index (χ3v) is 8.56. The average Bonchev–Trinajstić information content (AvgIpc) is 3.07. The maximum Gasteiger partial charge on any atom is 0.332 e. The summed E-state index contributed by atoms with van der Waals surface area (Å²) in [6.07, 6.45) is -0.0663. The number of methoxy groups -OCH3 is 1. The number of hydrogen-bond acceptors (Lipinski definition) is 6. The number of aromatic nitrogens is 2. The molecular weight excluding hydrogens is 650 g/mol. The monoisotopic (exact) mass is 679 g/mol. The molecule has 2 heterocycles. The molecule has 1 fully saturated rings. The van der Waals surface area contributed by atoms with Gasteiger partial charge < -0.3 is 19.1 Å². The predicted molar refractivity (Wildman–Crippen MR) is 168 cm³/mol. The molecule has 0 N–H and O–H groups in total. The predicted octanol–water partition coefficient (Wildman–Crippen LogP) is 5.72. The first kappa shape index (κ1) is 33.2. The molecule has 9 nitrogen and oxygen atoms in total. The quantitative estimate of drug-likeness (QED) is 0.178. The van der Waals surface area contributed by atoms with Crippen molar-refractivity contribution in [1.29, 1.82) is 0 Å². The fourth-order valence-corrected chi connectivity index (χ4v) is 5.72. The molecule has 4 aromatic rings. The van der Waals surface area contributed by atoms with Gasteiger partial charge in [-0.3, -0.25) is 18.7 Å². The molecule has 5 rings (SSSR count). The first-order valence-electron chi connectivity index (χ1n) is 14.4. The molecule has 0 unspecified atom stereocenters. The molecule has 0 radical (unpaired) electrons. The van der Waals surface area contributed by atoms with Crippen LogP contribution in [0.1, 0.15) is 30.0 Å². The third kappa shape index (κ3) is 6.97. The highest BCUT2D eigenvalue weighted by molar-refractivity contribution is 6.42. The van der Waals surface area contributed by atoms with Crippen molar-refractivity contribution in [3.05, 3.63) is 96.4 Å². The van der Waals surface area contributed by atoms with Crippen molar-refractivity contribution in [2.45, 2.75) is 38.1 Å². The summed E-state index contributed by atoms with van der Waals surface area (Å²) >= 11 is 12.1. The lowest BCUT2D eigenvalue weighted by Crippen LogP contribution is -2.44. The summed E-state index contributed by atoms with van der Waals surface area (Å²) in [6, 6.07) is 11.6. The summed E-state index contributed by atoms with van der Waals surface area (Å²) in [7, 11) is 1.45. The fourth-order valence-electron chi connectivity index (χ4n) is 5.40. The number of alkyl halides is 2. The van der Waals surface area contributed by atoms with Gasteiger partial charge in [0.1, 0.15) is 20.0 Å². The first-order valence-corrected chi connectivity index (χ1v) is 15.1. The Kier molecular flexibility index (Phi) is 10.5. The molecule has 244 valence electrons. The van der Waals surface area contributed by atoms with Gasteiger partial charge in [-0.25, -0.2) is 18.0 Å². The molecular formula is C32H30Cl2F3N3O6. The number of benzene rings is 3. The molecule has 3 aromatic carbocycles. The Hall–Kier alpha value is -4.16. The van der Waals surface area contributed by atoms with E-state index in [0.29, 0.717) is 53.0 Å². The number of fused-ring (bicyclic) bond motifs is 1. The van der Waals surface area contributed by atoms with Gasteiger partial charge in [-0.05, 0) is 54.3 Å². The Morgan fingerprint density at radius 2 is 1.65 bits per heavy atom. The minimum Gasteiger partial charge on any atom is -0.493 e. The summed E-state index contributed by atoms with van der Waals surface area (Å²) in [6.45, 7) is -1.71. The van der Waals surface area contributed by atoms with Crippen LogP contribution in [0.2, 0.25) is 10.0 Å². The van der Waals surface area contributed by atoms with Crippen LogP contribution in [-0.4, -0.2) is 60.1 Å². The van der Waals surface area contributed by atoms with Crippen molar-refractivity contribution >= 4 is 40.5 Å². The SMILES string of the molecule is COc1cc(Cn2c(=O)c3cc(OC(CF)CF)c(F)cc3n(C3CCN(C=O)CC3)c2=O)ccc1OCc1ccc(Cl)c(Cl)c1. The van der Waals surface area contributed by atoms with E-state index < -0.39 is 48.3 Å². The number of carbonyl (C=O) groups is 1. The number of likely N-dealkylation sites (tertiary alicyclic amines) is 1. The molecule has 1 amide bonds. The second-order valence-corrected chi connectivity index (χ2v) is 11.6. The number of halogens is 5. The van der Waals surface area contributed by atoms with E-state index in [4.69, 9.17) is 37.4 Å². The molecule has 0 bridgehead atoms. The van der Waals surface area contributed by atoms with E-state index in [1.54, 1.807) is 41.3 Å². The highest BCUT2D eigenvalue weighted by atomic mass is 35.5. The van der Waals surface area contributed by atoms with E-state index in [0.717, 1.165) is 28.7 Å². The number of hydrogen-bond donors (Lipinski definition) is 0. The second-order valence-electron chi connectivity index (χ2n) is 10.8. The van der Waals surface area contributed by atoms with Gasteiger partial charge in [0.25, 0.3) is 5.56 Å². The third-order valence-electron chi connectivity index (χ3n) is 7.82. The van der Waals surface area contributed by atoms with Crippen molar-refractivity contribution in [2.75, 3.05) is 33.5 Å². The Bertz CT molecular complexity index is 1860. The smallest absolute Gasteiger partial charge is 0.332 e. The number of ether oxygens (including phenoxy) is 3. The van der Waals surface area contributed by atoms with Gasteiger partial charge in [-0.1, -0.05) is 35.3 Å². The normalized spacial score (nSPS) is 13.8. The summed E-state index contributed by atoms with van der Waals surface area (Å²) in [5.41, 5.74) is -0.122. The minimum atomic E-state index is -1.56. The summed E-state index contributed by atoms with van der Waals surface area (Å²) in [5.74, 6) is -0.747. The maximum atomic E-state index is 15.2. The highest BCUT2D eigenvalue weighted by Crippen LogP contribution is 2.31. The zero-order valence-corrected chi connectivity index (χ0v) is 26.2. The first-order chi connectivity index (χ1) is 22.2. The Labute approximate surface area is 271 Å². The Morgan fingerprint density at radius 3 is 2.30 bits per heavy atom. The van der Waals surface area contributed by atoms with Crippen LogP contribution in [0, 0.1) is 5.82 Å². The van der Waals surface area contributed by atoms with E-state index in [9.17, 15) is 23.2 Å². The van der Waals surface area contributed by atoms with Crippen LogP contribution < -0.4 is 25.5 Å². The van der Waals surface area contributed by atoms with E-state index in [-0.39, 0.29) is 24.1 Å². The van der Waals surface area contributed by atoms with Crippen LogP contribution in [0.4, 0.5) is 13.2 Å². The fraction of sp³-hybridized carbons (Fsp3) is 0.344. The van der Waals surface area contributed by atoms with E-state index >= 15 is 4.39 Å². The van der Waals surface area contributed by atoms with Crippen molar-refractivity contribution in [3.8, 4) is 17.2 Å². The summed E-state index contributed by atoms with van der Waals surface area (Å²) in [5, 5.41) is 0.732. The lowest BCUT2D eigenvalue weighted by atomic mass is 10.0. The van der Waals surface area contributed by atoms with Crippen LogP contribution >= 0.6 is 23.2 Å². The van der Waals surface area contributed by atoms with Crippen molar-refractivity contribution in [3.63, 3.8) is 0 Å². The summed E-state index contributed by atoms with van der Waals surface area (Å²) in [4.78, 5) is 40.6.